The van der Waals surface area contributed by atoms with Crippen LogP contribution in [0, 0.1) is 11.8 Å². The number of nitrogens with one attached hydrogen (secondary N) is 2. The number of Topliss-reactive ketones (excluding diaryl/α,β-unsaturated/α-hetero) is 1. The van der Waals surface area contributed by atoms with Crippen LogP contribution in [0.15, 0.2) is 24.3 Å². The SMILES string of the molecule is CCCC[C@@H](CN(O)C=O)C(=O)[C@@H](NC(=O)Nc1ccccc1OC)C(C)C. The van der Waals surface area contributed by atoms with Gasteiger partial charge in [0.1, 0.15) is 5.75 Å². The summed E-state index contributed by atoms with van der Waals surface area (Å²) in [6.07, 6.45) is 2.46. The molecule has 28 heavy (non-hydrogen) atoms. The average molecular weight is 393 g/mol. The van der Waals surface area contributed by atoms with Gasteiger partial charge in [0.2, 0.25) is 6.41 Å². The molecule has 0 aliphatic rings. The number of ketones is 1. The van der Waals surface area contributed by atoms with Crippen LogP contribution in [0.25, 0.3) is 0 Å². The largest absolute Gasteiger partial charge is 0.495 e. The number of hydrogen-bond donors (Lipinski definition) is 3. The van der Waals surface area contributed by atoms with Gasteiger partial charge in [-0.2, -0.15) is 0 Å². The molecule has 0 heterocycles. The fourth-order valence-corrected chi connectivity index (χ4v) is 2.91. The molecule has 0 spiro atoms. The van der Waals surface area contributed by atoms with Crippen LogP contribution in [0.5, 0.6) is 5.75 Å². The standard InChI is InChI=1S/C20H31N3O5/c1-5-6-9-15(12-23(27)13-24)19(25)18(14(2)3)22-20(26)21-16-10-7-8-11-17(16)28-4/h7-8,10-11,13-15,18,27H,5-6,9,12H2,1-4H3,(H2,21,22,26)/t15-,18-/m0/s1. The molecule has 8 nitrogen and oxygen atoms in total. The fraction of sp³-hybridized carbons (Fsp3) is 0.550. The van der Waals surface area contributed by atoms with Crippen molar-refractivity contribution in [3.63, 3.8) is 0 Å². The first kappa shape index (κ1) is 23.4. The normalized spacial score (nSPS) is 12.8. The molecule has 0 bridgehead atoms. The van der Waals surface area contributed by atoms with Crippen LogP contribution in [-0.4, -0.2) is 48.2 Å². The van der Waals surface area contributed by atoms with Crippen LogP contribution in [0.3, 0.4) is 0 Å². The van der Waals surface area contributed by atoms with E-state index in [1.54, 1.807) is 24.3 Å². The molecule has 2 atom stereocenters. The molecule has 1 aromatic carbocycles. The van der Waals surface area contributed by atoms with Gasteiger partial charge in [0.25, 0.3) is 0 Å². The van der Waals surface area contributed by atoms with Crippen molar-refractivity contribution in [2.75, 3.05) is 19.0 Å². The summed E-state index contributed by atoms with van der Waals surface area (Å²) < 4.78 is 5.21. The molecule has 156 valence electrons. The summed E-state index contributed by atoms with van der Waals surface area (Å²) in [4.78, 5) is 36.3. The zero-order valence-electron chi connectivity index (χ0n) is 17.0. The predicted octanol–water partition coefficient (Wildman–Crippen LogP) is 3.06. The minimum Gasteiger partial charge on any atom is -0.495 e. The van der Waals surface area contributed by atoms with Crippen LogP contribution in [0.4, 0.5) is 10.5 Å². The Labute approximate surface area is 166 Å². The first-order valence-electron chi connectivity index (χ1n) is 9.49. The number of hydroxylamine groups is 2. The van der Waals surface area contributed by atoms with Crippen molar-refractivity contribution in [3.8, 4) is 5.75 Å². The molecule has 0 unspecified atom stereocenters. The molecule has 1 rings (SSSR count). The van der Waals surface area contributed by atoms with Crippen molar-refractivity contribution in [3.05, 3.63) is 24.3 Å². The van der Waals surface area contributed by atoms with Crippen LogP contribution in [0.1, 0.15) is 40.0 Å². The summed E-state index contributed by atoms with van der Waals surface area (Å²) in [5.74, 6) is -0.426. The fourth-order valence-electron chi connectivity index (χ4n) is 2.91. The first-order chi connectivity index (χ1) is 13.3. The van der Waals surface area contributed by atoms with E-state index in [1.807, 2.05) is 20.8 Å². The molecule has 0 aromatic heterocycles. The summed E-state index contributed by atoms with van der Waals surface area (Å²) in [6.45, 7) is 5.57. The van der Waals surface area contributed by atoms with Gasteiger partial charge in [0.15, 0.2) is 5.78 Å². The number of para-hydroxylation sites is 2. The zero-order valence-corrected chi connectivity index (χ0v) is 17.0. The Hall–Kier alpha value is -2.61. The van der Waals surface area contributed by atoms with Gasteiger partial charge >= 0.3 is 6.03 Å². The van der Waals surface area contributed by atoms with Crippen LogP contribution in [-0.2, 0) is 9.59 Å². The summed E-state index contributed by atoms with van der Waals surface area (Å²) in [6, 6.07) is 5.69. The van der Waals surface area contributed by atoms with Gasteiger partial charge in [-0.15, -0.1) is 0 Å². The number of hydrogen-bond acceptors (Lipinski definition) is 5. The van der Waals surface area contributed by atoms with Crippen molar-refractivity contribution in [2.45, 2.75) is 46.1 Å². The Bertz CT molecular complexity index is 650. The maximum absolute atomic E-state index is 13.0. The van der Waals surface area contributed by atoms with E-state index in [1.165, 1.54) is 7.11 Å². The third-order valence-electron chi connectivity index (χ3n) is 4.45. The van der Waals surface area contributed by atoms with E-state index in [4.69, 9.17) is 4.74 Å². The van der Waals surface area contributed by atoms with E-state index in [9.17, 15) is 19.6 Å². The van der Waals surface area contributed by atoms with Crippen LogP contribution < -0.4 is 15.4 Å². The molecule has 0 saturated heterocycles. The second-order valence-electron chi connectivity index (χ2n) is 6.99. The molecular weight excluding hydrogens is 362 g/mol. The highest BCUT2D eigenvalue weighted by atomic mass is 16.5. The highest BCUT2D eigenvalue weighted by Crippen LogP contribution is 2.23. The zero-order chi connectivity index (χ0) is 21.1. The molecule has 0 fully saturated rings. The Morgan fingerprint density at radius 1 is 1.29 bits per heavy atom. The van der Waals surface area contributed by atoms with Gasteiger partial charge in [-0.1, -0.05) is 45.7 Å². The Morgan fingerprint density at radius 2 is 1.96 bits per heavy atom. The smallest absolute Gasteiger partial charge is 0.319 e. The number of amides is 3. The molecule has 3 N–H and O–H groups in total. The van der Waals surface area contributed by atoms with Crippen molar-refractivity contribution < 1.29 is 24.3 Å². The Balaban J connectivity index is 2.89. The van der Waals surface area contributed by atoms with E-state index in [0.29, 0.717) is 22.9 Å². The molecule has 0 radical (unpaired) electrons. The van der Waals surface area contributed by atoms with Crippen LogP contribution >= 0.6 is 0 Å². The van der Waals surface area contributed by atoms with Gasteiger partial charge in [-0.25, -0.2) is 9.86 Å². The maximum Gasteiger partial charge on any atom is 0.319 e. The molecule has 0 saturated carbocycles. The highest BCUT2D eigenvalue weighted by Gasteiger charge is 2.31. The number of unbranched alkanes of at least 4 members (excludes halogenated alkanes) is 1. The van der Waals surface area contributed by atoms with Crippen molar-refractivity contribution >= 4 is 23.9 Å². The minimum atomic E-state index is -0.753. The highest BCUT2D eigenvalue weighted by molar-refractivity contribution is 5.96. The lowest BCUT2D eigenvalue weighted by molar-refractivity contribution is -0.154. The molecule has 0 aliphatic carbocycles. The first-order valence-corrected chi connectivity index (χ1v) is 9.49. The van der Waals surface area contributed by atoms with E-state index in [0.717, 1.165) is 12.8 Å². The average Bonchev–Trinajstić information content (AvgIpc) is 2.68. The predicted molar refractivity (Wildman–Crippen MR) is 106 cm³/mol. The maximum atomic E-state index is 13.0. The number of rotatable bonds is 12. The van der Waals surface area contributed by atoms with E-state index in [2.05, 4.69) is 10.6 Å². The molecule has 8 heteroatoms. The van der Waals surface area contributed by atoms with E-state index < -0.39 is 18.0 Å². The molecular formula is C20H31N3O5. The van der Waals surface area contributed by atoms with Gasteiger partial charge in [-0.3, -0.25) is 14.8 Å². The Kier molecular flexibility index (Phi) is 10.0. The van der Waals surface area contributed by atoms with Crippen LogP contribution in [0.2, 0.25) is 0 Å². The second-order valence-corrected chi connectivity index (χ2v) is 6.99. The lowest BCUT2D eigenvalue weighted by atomic mass is 9.87. The summed E-state index contributed by atoms with van der Waals surface area (Å²) >= 11 is 0. The summed E-state index contributed by atoms with van der Waals surface area (Å²) in [5, 5.41) is 15.4. The molecule has 0 aliphatic heterocycles. The number of ether oxygens (including phenoxy) is 1. The summed E-state index contributed by atoms with van der Waals surface area (Å²) in [7, 11) is 1.50. The number of anilines is 1. The number of nitrogens with zero attached hydrogens (tertiary/aromatic N) is 1. The lowest BCUT2D eigenvalue weighted by Crippen LogP contribution is -2.50. The van der Waals surface area contributed by atoms with Crippen molar-refractivity contribution in [1.29, 1.82) is 0 Å². The molecule has 3 amide bonds. The number of methoxy groups -OCH3 is 1. The van der Waals surface area contributed by atoms with Crippen molar-refractivity contribution in [2.24, 2.45) is 11.8 Å². The summed E-state index contributed by atoms with van der Waals surface area (Å²) in [5.41, 5.74) is 0.488. The monoisotopic (exact) mass is 393 g/mol. The van der Waals surface area contributed by atoms with E-state index >= 15 is 0 Å². The van der Waals surface area contributed by atoms with Gasteiger partial charge in [0, 0.05) is 5.92 Å². The number of carbonyl (C=O) groups excluding carboxylic acids is 3. The Morgan fingerprint density at radius 3 is 2.54 bits per heavy atom. The van der Waals surface area contributed by atoms with Crippen molar-refractivity contribution in [1.82, 2.24) is 10.4 Å². The second kappa shape index (κ2) is 12.0. The third kappa shape index (κ3) is 7.19. The molecule has 1 aromatic rings. The number of urea groups is 1. The number of benzene rings is 1. The number of carbonyl (C=O) groups is 3. The van der Waals surface area contributed by atoms with Gasteiger partial charge < -0.3 is 15.4 Å². The lowest BCUT2D eigenvalue weighted by Gasteiger charge is -2.27. The third-order valence-corrected chi connectivity index (χ3v) is 4.45. The van der Waals surface area contributed by atoms with Gasteiger partial charge in [-0.05, 0) is 24.5 Å². The van der Waals surface area contributed by atoms with Gasteiger partial charge in [0.05, 0.1) is 25.4 Å². The topological polar surface area (TPSA) is 108 Å². The minimum absolute atomic E-state index is 0.0959. The quantitative estimate of drug-likeness (QED) is 0.287. The van der Waals surface area contributed by atoms with E-state index in [-0.39, 0.29) is 24.7 Å².